The highest BCUT2D eigenvalue weighted by molar-refractivity contribution is 5.79. The van der Waals surface area contributed by atoms with E-state index in [1.807, 2.05) is 50.0 Å². The Kier molecular flexibility index (Phi) is 4.91. The Labute approximate surface area is 152 Å². The lowest BCUT2D eigenvalue weighted by Gasteiger charge is -2.24. The van der Waals surface area contributed by atoms with Crippen molar-refractivity contribution in [2.75, 3.05) is 27.7 Å². The Hall–Kier alpha value is -2.54. The number of para-hydroxylation sites is 2. The van der Waals surface area contributed by atoms with E-state index in [1.165, 1.54) is 4.57 Å². The summed E-state index contributed by atoms with van der Waals surface area (Å²) >= 11 is 0. The highest BCUT2D eigenvalue weighted by Crippen LogP contribution is 2.21. The molecule has 0 spiro atoms. The zero-order valence-corrected chi connectivity index (χ0v) is 15.9. The first-order valence-electron chi connectivity index (χ1n) is 9.02. The first-order valence-corrected chi connectivity index (χ1v) is 9.02. The fourth-order valence-electron chi connectivity index (χ4n) is 2.96. The smallest absolute Gasteiger partial charge is 0.329 e. The third-order valence-corrected chi connectivity index (χ3v) is 4.48. The van der Waals surface area contributed by atoms with E-state index in [9.17, 15) is 9.59 Å². The number of rotatable bonds is 6. The molecule has 7 nitrogen and oxygen atoms in total. The van der Waals surface area contributed by atoms with E-state index in [1.54, 1.807) is 0 Å². The number of aromatic nitrogens is 4. The van der Waals surface area contributed by atoms with Crippen molar-refractivity contribution in [3.05, 3.63) is 45.1 Å². The van der Waals surface area contributed by atoms with Gasteiger partial charge in [0.25, 0.3) is 5.56 Å². The summed E-state index contributed by atoms with van der Waals surface area (Å²) in [5.74, 6) is 0.383. The molecule has 3 rings (SSSR count). The van der Waals surface area contributed by atoms with Gasteiger partial charge in [0, 0.05) is 6.54 Å². The van der Waals surface area contributed by atoms with Crippen LogP contribution in [0.1, 0.15) is 19.8 Å². The zero-order chi connectivity index (χ0) is 18.9. The largest absolute Gasteiger partial charge is 0.352 e. The van der Waals surface area contributed by atoms with Crippen LogP contribution in [0.5, 0.6) is 0 Å². The molecule has 1 aromatic rings. The second-order valence-electron chi connectivity index (χ2n) is 7.64. The van der Waals surface area contributed by atoms with Gasteiger partial charge in [-0.2, -0.15) is 4.98 Å². The van der Waals surface area contributed by atoms with Crippen LogP contribution in [0.3, 0.4) is 0 Å². The van der Waals surface area contributed by atoms with Crippen molar-refractivity contribution in [2.24, 2.45) is 0 Å². The topological polar surface area (TPSA) is 69.8 Å². The van der Waals surface area contributed by atoms with Gasteiger partial charge in [-0.25, -0.2) is 9.78 Å². The van der Waals surface area contributed by atoms with E-state index in [4.69, 9.17) is 0 Å². The second-order valence-corrected chi connectivity index (χ2v) is 7.64. The standard InChI is InChI=1S/C19H26N5O2/c1-5-6-11-22-15-10-8-7-9-14(15)20-16-17(22)21-19(26)23(18(16)25)12-13-24(2,3)4/h7-10H,5-6,11-13H2,1-4H3/q+1. The van der Waals surface area contributed by atoms with Crippen molar-refractivity contribution >= 4 is 11.0 Å². The number of unbranched alkanes of at least 4 members (excludes halogenated alkanes) is 1. The number of nitrogens with zero attached hydrogens (tertiary/aromatic N) is 5. The average molecular weight is 356 g/mol. The normalized spacial score (nSPS) is 12.2. The fraction of sp³-hybridized carbons (Fsp3) is 0.474. The molecule has 138 valence electrons. The molecule has 1 aromatic carbocycles. The first kappa shape index (κ1) is 18.3. The van der Waals surface area contributed by atoms with E-state index >= 15 is 0 Å². The van der Waals surface area contributed by atoms with Crippen molar-refractivity contribution < 1.29 is 4.48 Å². The quantitative estimate of drug-likeness (QED) is 0.496. The minimum absolute atomic E-state index is 0.265. The lowest BCUT2D eigenvalue weighted by atomic mass is 10.2. The number of benzene rings is 1. The number of aryl methyl sites for hydroxylation is 1. The van der Waals surface area contributed by atoms with Crippen LogP contribution in [-0.4, -0.2) is 51.3 Å². The Morgan fingerprint density at radius 2 is 1.73 bits per heavy atom. The second kappa shape index (κ2) is 6.99. The van der Waals surface area contributed by atoms with Gasteiger partial charge in [-0.15, -0.1) is 0 Å². The molecule has 0 saturated carbocycles. The Morgan fingerprint density at radius 3 is 2.42 bits per heavy atom. The Morgan fingerprint density at radius 1 is 1.00 bits per heavy atom. The van der Waals surface area contributed by atoms with Crippen molar-refractivity contribution in [3.63, 3.8) is 0 Å². The van der Waals surface area contributed by atoms with Crippen LogP contribution in [0.2, 0.25) is 0 Å². The maximum atomic E-state index is 13.0. The maximum absolute atomic E-state index is 13.0. The van der Waals surface area contributed by atoms with E-state index in [0.29, 0.717) is 29.9 Å². The molecular formula is C19H26N5O2+. The highest BCUT2D eigenvalue weighted by Gasteiger charge is 2.22. The summed E-state index contributed by atoms with van der Waals surface area (Å²) < 4.78 is 3.82. The van der Waals surface area contributed by atoms with Gasteiger partial charge in [-0.1, -0.05) is 25.5 Å². The molecule has 0 atom stereocenters. The molecule has 0 radical (unpaired) electrons. The molecular weight excluding hydrogens is 330 g/mol. The van der Waals surface area contributed by atoms with Gasteiger partial charge in [-0.05, 0) is 18.6 Å². The number of likely N-dealkylation sites (N-methyl/N-ethyl adjacent to an activating group) is 1. The molecule has 0 N–H and O–H groups in total. The number of hydrogen-bond acceptors (Lipinski definition) is 4. The van der Waals surface area contributed by atoms with Gasteiger partial charge in [0.1, 0.15) is 0 Å². The number of hydrogen-bond donors (Lipinski definition) is 0. The summed E-state index contributed by atoms with van der Waals surface area (Å²) in [6.07, 6.45) is 1.95. The summed E-state index contributed by atoms with van der Waals surface area (Å²) in [6.45, 7) is 3.79. The van der Waals surface area contributed by atoms with E-state index in [2.05, 4.69) is 16.9 Å². The van der Waals surface area contributed by atoms with Crippen molar-refractivity contribution in [1.29, 1.82) is 0 Å². The molecule has 0 aromatic heterocycles. The van der Waals surface area contributed by atoms with E-state index in [-0.39, 0.29) is 11.3 Å². The van der Waals surface area contributed by atoms with Gasteiger partial charge >= 0.3 is 5.69 Å². The van der Waals surface area contributed by atoms with Gasteiger partial charge in [-0.3, -0.25) is 9.36 Å². The van der Waals surface area contributed by atoms with Crippen LogP contribution in [0.4, 0.5) is 0 Å². The Bertz CT molecular complexity index is 1010. The van der Waals surface area contributed by atoms with Crippen molar-refractivity contribution in [3.8, 4) is 11.5 Å². The van der Waals surface area contributed by atoms with Gasteiger partial charge < -0.3 is 9.05 Å². The third-order valence-electron chi connectivity index (χ3n) is 4.48. The molecule has 2 heterocycles. The fourth-order valence-corrected chi connectivity index (χ4v) is 2.96. The summed E-state index contributed by atoms with van der Waals surface area (Å²) in [4.78, 5) is 34.3. The van der Waals surface area contributed by atoms with Crippen LogP contribution in [0, 0.1) is 0 Å². The maximum Gasteiger partial charge on any atom is 0.352 e. The van der Waals surface area contributed by atoms with Crippen LogP contribution >= 0.6 is 0 Å². The first-order chi connectivity index (χ1) is 12.3. The molecule has 0 unspecified atom stereocenters. The van der Waals surface area contributed by atoms with Crippen LogP contribution in [-0.2, 0) is 13.1 Å². The summed E-state index contributed by atoms with van der Waals surface area (Å²) in [6, 6.07) is 7.67. The van der Waals surface area contributed by atoms with Crippen LogP contribution in [0.25, 0.3) is 22.6 Å². The monoisotopic (exact) mass is 356 g/mol. The predicted octanol–water partition coefficient (Wildman–Crippen LogP) is 1.56. The van der Waals surface area contributed by atoms with Crippen molar-refractivity contribution in [1.82, 2.24) is 19.1 Å². The molecule has 0 saturated heterocycles. The molecule has 0 aliphatic carbocycles. The lowest BCUT2D eigenvalue weighted by Crippen LogP contribution is -2.44. The van der Waals surface area contributed by atoms with Gasteiger partial charge in [0.05, 0.1) is 45.3 Å². The van der Waals surface area contributed by atoms with Gasteiger partial charge in [0.15, 0.2) is 11.5 Å². The predicted molar refractivity (Wildman–Crippen MR) is 102 cm³/mol. The van der Waals surface area contributed by atoms with E-state index < -0.39 is 5.69 Å². The zero-order valence-electron chi connectivity index (χ0n) is 15.9. The minimum Gasteiger partial charge on any atom is -0.329 e. The molecule has 2 aliphatic heterocycles. The van der Waals surface area contributed by atoms with Crippen LogP contribution in [0.15, 0.2) is 33.9 Å². The Balaban J connectivity index is 2.25. The van der Waals surface area contributed by atoms with Crippen molar-refractivity contribution in [2.45, 2.75) is 32.9 Å². The van der Waals surface area contributed by atoms with Gasteiger partial charge in [0.2, 0.25) is 0 Å². The molecule has 0 amide bonds. The average Bonchev–Trinajstić information content (AvgIpc) is 2.58. The summed E-state index contributed by atoms with van der Waals surface area (Å²) in [7, 11) is 6.07. The molecule has 7 heteroatoms. The molecule has 2 aliphatic rings. The van der Waals surface area contributed by atoms with E-state index in [0.717, 1.165) is 23.9 Å². The molecule has 0 bridgehead atoms. The highest BCUT2D eigenvalue weighted by atomic mass is 16.2. The minimum atomic E-state index is -0.502. The summed E-state index contributed by atoms with van der Waals surface area (Å²) in [5.41, 5.74) is 1.04. The number of fused-ring (bicyclic) bond motifs is 2. The SMILES string of the molecule is CCCCn1c2nc(=O)n(CC[N+](C)(C)C)c(=O)c-2nc2ccccc21. The molecule has 26 heavy (non-hydrogen) atoms. The summed E-state index contributed by atoms with van der Waals surface area (Å²) in [5, 5.41) is 0. The molecule has 0 fully saturated rings. The number of quaternary nitrogens is 1. The van der Waals surface area contributed by atoms with Crippen LogP contribution < -0.4 is 11.2 Å². The third kappa shape index (κ3) is 3.53. The lowest BCUT2D eigenvalue weighted by molar-refractivity contribution is -0.871.